The van der Waals surface area contributed by atoms with Crippen molar-refractivity contribution in [2.75, 3.05) is 0 Å². The molecule has 0 atom stereocenters. The second-order valence-electron chi connectivity index (χ2n) is 6.02. The Morgan fingerprint density at radius 1 is 0.545 bits per heavy atom. The summed E-state index contributed by atoms with van der Waals surface area (Å²) in [5, 5.41) is 0. The molecule has 14 heteroatoms. The van der Waals surface area contributed by atoms with Gasteiger partial charge in [0, 0.05) is 0 Å². The second kappa shape index (κ2) is 8.10. The highest BCUT2D eigenvalue weighted by Gasteiger charge is 2.57. The average Bonchev–Trinajstić information content (AvgIpc) is 2.77. The summed E-state index contributed by atoms with van der Waals surface area (Å²) < 4.78 is 194. The highest BCUT2D eigenvalue weighted by Crippen LogP contribution is 2.53. The Labute approximate surface area is 172 Å². The van der Waals surface area contributed by atoms with Gasteiger partial charge in [-0.25, -0.2) is 4.39 Å². The van der Waals surface area contributed by atoms with Crippen LogP contribution in [0.5, 0.6) is 0 Å². The lowest BCUT2D eigenvalue weighted by atomic mass is 9.81. The predicted octanol–water partition coefficient (Wildman–Crippen LogP) is 8.00. The van der Waals surface area contributed by atoms with Crippen molar-refractivity contribution >= 4 is 5.57 Å². The first-order valence-corrected chi connectivity index (χ1v) is 7.90. The largest absolute Gasteiger partial charge is 0.298 e. The number of benzene rings is 1. The molecule has 0 spiro atoms. The van der Waals surface area contributed by atoms with E-state index in [4.69, 9.17) is 0 Å². The number of allylic oxidation sites excluding steroid dienone is 9. The summed E-state index contributed by atoms with van der Waals surface area (Å²) >= 11 is 0. The molecular weight excluding hydrogens is 494 g/mol. The number of halogens is 14. The van der Waals surface area contributed by atoms with Crippen LogP contribution >= 0.6 is 0 Å². The topological polar surface area (TPSA) is 0 Å². The predicted molar refractivity (Wildman–Crippen MR) is 81.2 cm³/mol. The van der Waals surface area contributed by atoms with Crippen molar-refractivity contribution in [1.29, 1.82) is 0 Å². The molecule has 0 heterocycles. The van der Waals surface area contributed by atoms with Crippen LogP contribution in [0.4, 0.5) is 61.5 Å². The Balaban J connectivity index is 2.61. The highest BCUT2D eigenvalue weighted by atomic mass is 19.2. The fourth-order valence-corrected chi connectivity index (χ4v) is 2.76. The van der Waals surface area contributed by atoms with Crippen LogP contribution in [0.3, 0.4) is 0 Å². The van der Waals surface area contributed by atoms with E-state index < -0.39 is 105 Å². The smallest absolute Gasteiger partial charge is 0.200 e. The number of hydrogen-bond acceptors (Lipinski definition) is 0. The maximum absolute atomic E-state index is 14.3. The minimum atomic E-state index is -2.98. The zero-order chi connectivity index (χ0) is 25.1. The maximum Gasteiger partial charge on any atom is 0.298 e. The van der Waals surface area contributed by atoms with Crippen LogP contribution in [0.2, 0.25) is 0 Å². The van der Waals surface area contributed by atoms with Gasteiger partial charge in [-0.05, 0) is 0 Å². The SMILES string of the molecule is FC1=C=C(F)[C+](/C(=C2/C(F)=C(F)C(F)=C(F)[C+]2F)c2c(F)c(F)c(F)c(F)c2F)C(F)=C1F. The van der Waals surface area contributed by atoms with Crippen molar-refractivity contribution in [3.05, 3.63) is 105 Å². The molecule has 2 aliphatic rings. The van der Waals surface area contributed by atoms with Gasteiger partial charge >= 0.3 is 0 Å². The molecular formula is C19F14+2. The molecule has 0 bridgehead atoms. The first kappa shape index (κ1) is 24.1. The van der Waals surface area contributed by atoms with E-state index >= 15 is 0 Å². The summed E-state index contributed by atoms with van der Waals surface area (Å²) in [5.74, 6) is -39.7. The summed E-state index contributed by atoms with van der Waals surface area (Å²) in [5.41, 5.74) is -7.05. The van der Waals surface area contributed by atoms with Gasteiger partial charge in [-0.2, -0.15) is 43.9 Å². The molecule has 0 fully saturated rings. The van der Waals surface area contributed by atoms with Gasteiger partial charge in [0.05, 0.1) is 5.73 Å². The second-order valence-corrected chi connectivity index (χ2v) is 6.02. The third-order valence-electron chi connectivity index (χ3n) is 4.21. The van der Waals surface area contributed by atoms with Gasteiger partial charge in [-0.15, -0.1) is 13.2 Å². The van der Waals surface area contributed by atoms with E-state index in [-0.39, 0.29) is 0 Å². The Bertz CT molecular complexity index is 1260. The molecule has 0 aromatic heterocycles. The molecule has 0 saturated heterocycles. The maximum atomic E-state index is 14.3. The number of hydrogen-bond donors (Lipinski definition) is 0. The van der Waals surface area contributed by atoms with Crippen LogP contribution in [0, 0.1) is 41.2 Å². The third kappa shape index (κ3) is 3.41. The quantitative estimate of drug-likeness (QED) is 0.129. The van der Waals surface area contributed by atoms with Crippen molar-refractivity contribution < 1.29 is 61.5 Å². The third-order valence-corrected chi connectivity index (χ3v) is 4.21. The summed E-state index contributed by atoms with van der Waals surface area (Å²) in [6.45, 7) is 0. The lowest BCUT2D eigenvalue weighted by Gasteiger charge is -2.15. The van der Waals surface area contributed by atoms with E-state index in [1.165, 1.54) is 0 Å². The zero-order valence-corrected chi connectivity index (χ0v) is 14.8. The summed E-state index contributed by atoms with van der Waals surface area (Å²) in [6.07, 6.45) is -2.98. The lowest BCUT2D eigenvalue weighted by molar-refractivity contribution is 0.375. The Kier molecular flexibility index (Phi) is 5.92. The standard InChI is InChI=1S/C19F14/c20-2-1-3(21)8(22)9(23)4(2)5(6-10(24)14(28)18(32)15(29)11(6)25)7-12(26)16(30)19(33)17(31)13(7)27/q+2. The summed E-state index contributed by atoms with van der Waals surface area (Å²) in [6, 6.07) is 0. The van der Waals surface area contributed by atoms with E-state index in [2.05, 4.69) is 0 Å². The van der Waals surface area contributed by atoms with Gasteiger partial charge in [0.25, 0.3) is 52.8 Å². The molecule has 2 aliphatic carbocycles. The van der Waals surface area contributed by atoms with E-state index in [9.17, 15) is 61.5 Å². The fourth-order valence-electron chi connectivity index (χ4n) is 2.76. The Hall–Kier alpha value is -3.54. The highest BCUT2D eigenvalue weighted by molar-refractivity contribution is 5.91. The molecule has 0 radical (unpaired) electrons. The lowest BCUT2D eigenvalue weighted by Crippen LogP contribution is -2.19. The molecule has 172 valence electrons. The molecule has 1 aromatic rings. The van der Waals surface area contributed by atoms with Gasteiger partial charge < -0.3 is 0 Å². The zero-order valence-electron chi connectivity index (χ0n) is 14.8. The molecule has 33 heavy (non-hydrogen) atoms. The fraction of sp³-hybridized carbons (Fsp3) is 0. The number of rotatable bonds is 2. The Morgan fingerprint density at radius 2 is 1.03 bits per heavy atom. The first-order chi connectivity index (χ1) is 15.2. The van der Waals surface area contributed by atoms with Crippen LogP contribution in [0.15, 0.2) is 57.9 Å². The van der Waals surface area contributed by atoms with Gasteiger partial charge in [0.1, 0.15) is 0 Å². The summed E-state index contributed by atoms with van der Waals surface area (Å²) in [4.78, 5) is 0. The van der Waals surface area contributed by atoms with Crippen molar-refractivity contribution in [2.45, 2.75) is 0 Å². The monoisotopic (exact) mass is 494 g/mol. The van der Waals surface area contributed by atoms with Gasteiger partial charge in [0.2, 0.25) is 34.7 Å². The Morgan fingerprint density at radius 3 is 1.55 bits per heavy atom. The van der Waals surface area contributed by atoms with Crippen LogP contribution < -0.4 is 0 Å². The van der Waals surface area contributed by atoms with Gasteiger partial charge in [-0.1, -0.05) is 0 Å². The average molecular weight is 494 g/mol. The van der Waals surface area contributed by atoms with E-state index in [1.54, 1.807) is 0 Å². The van der Waals surface area contributed by atoms with Crippen LogP contribution in [-0.2, 0) is 0 Å². The normalized spacial score (nSPS) is 19.0. The van der Waals surface area contributed by atoms with Gasteiger partial charge in [0.15, 0.2) is 17.1 Å². The molecule has 3 rings (SSSR count). The van der Waals surface area contributed by atoms with E-state index in [0.29, 0.717) is 0 Å². The molecule has 0 amide bonds. The minimum absolute atomic E-state index is 0.745. The minimum Gasteiger partial charge on any atom is -0.200 e. The van der Waals surface area contributed by atoms with Crippen molar-refractivity contribution in [3.63, 3.8) is 0 Å². The molecule has 0 saturated carbocycles. The molecule has 1 aromatic carbocycles. The summed E-state index contributed by atoms with van der Waals surface area (Å²) in [7, 11) is 0. The molecule has 0 N–H and O–H groups in total. The van der Waals surface area contributed by atoms with E-state index in [1.807, 2.05) is 0 Å². The van der Waals surface area contributed by atoms with E-state index in [0.717, 1.165) is 5.73 Å². The van der Waals surface area contributed by atoms with Crippen LogP contribution in [0.25, 0.3) is 5.57 Å². The van der Waals surface area contributed by atoms with Crippen LogP contribution in [-0.4, -0.2) is 0 Å². The van der Waals surface area contributed by atoms with Crippen molar-refractivity contribution in [3.8, 4) is 0 Å². The molecule has 0 aliphatic heterocycles. The first-order valence-electron chi connectivity index (χ1n) is 7.90. The van der Waals surface area contributed by atoms with Gasteiger partial charge in [-0.3, -0.25) is 0 Å². The molecule has 0 unspecified atom stereocenters. The van der Waals surface area contributed by atoms with Crippen molar-refractivity contribution in [1.82, 2.24) is 0 Å². The van der Waals surface area contributed by atoms with Crippen LogP contribution in [0.1, 0.15) is 5.56 Å². The molecule has 0 nitrogen and oxygen atoms in total. The van der Waals surface area contributed by atoms with Crippen molar-refractivity contribution in [2.24, 2.45) is 0 Å².